The molecule has 0 saturated heterocycles. The summed E-state index contributed by atoms with van der Waals surface area (Å²) in [5.41, 5.74) is 3.05. The van der Waals surface area contributed by atoms with Gasteiger partial charge in [-0.1, -0.05) is 53.6 Å². The molecule has 1 heteroatoms. The second-order valence-electron chi connectivity index (χ2n) is 6.05. The highest BCUT2D eigenvalue weighted by Gasteiger charge is 2.21. The topological polar surface area (TPSA) is 20.2 Å². The third kappa shape index (κ3) is 6.21. The summed E-state index contributed by atoms with van der Waals surface area (Å²) in [7, 11) is 0. The monoisotopic (exact) mass is 272 g/mol. The van der Waals surface area contributed by atoms with Crippen LogP contribution in [0.15, 0.2) is 53.6 Å². The van der Waals surface area contributed by atoms with Crippen molar-refractivity contribution in [3.63, 3.8) is 0 Å². The van der Waals surface area contributed by atoms with Gasteiger partial charge in [0.15, 0.2) is 0 Å². The van der Waals surface area contributed by atoms with Crippen molar-refractivity contribution in [2.24, 2.45) is 0 Å². The molecule has 1 aromatic carbocycles. The predicted molar refractivity (Wildman–Crippen MR) is 87.7 cm³/mol. The molecule has 1 aromatic rings. The minimum absolute atomic E-state index is 0.738. The van der Waals surface area contributed by atoms with Crippen molar-refractivity contribution in [2.45, 2.75) is 59.0 Å². The molecule has 1 rings (SSSR count). The quantitative estimate of drug-likeness (QED) is 0.662. The second kappa shape index (κ2) is 8.06. The number of hydrogen-bond acceptors (Lipinski definition) is 1. The molecule has 1 N–H and O–H groups in total. The van der Waals surface area contributed by atoms with Crippen molar-refractivity contribution in [3.05, 3.63) is 59.2 Å². The van der Waals surface area contributed by atoms with Gasteiger partial charge in [-0.2, -0.15) is 0 Å². The fraction of sp³-hybridized carbons (Fsp3) is 0.474. The Morgan fingerprint density at radius 1 is 1.05 bits per heavy atom. The van der Waals surface area contributed by atoms with E-state index in [4.69, 9.17) is 0 Å². The molecule has 1 unspecified atom stereocenters. The molecule has 0 fully saturated rings. The van der Waals surface area contributed by atoms with Crippen LogP contribution in [0.25, 0.3) is 0 Å². The van der Waals surface area contributed by atoms with Gasteiger partial charge < -0.3 is 5.11 Å². The first-order chi connectivity index (χ1) is 9.42. The molecule has 0 amide bonds. The summed E-state index contributed by atoms with van der Waals surface area (Å²) in [6.45, 7) is 8.34. The zero-order valence-electron chi connectivity index (χ0n) is 13.3. The standard InChI is InChI=1S/C19H28O/c1-16(2)10-8-11-17(3)12-9-15-19(4,20)18-13-6-5-7-14-18/h5-7,10,12-14,20H,8-9,11,15H2,1-4H3. The molecule has 0 heterocycles. The minimum atomic E-state index is -0.738. The van der Waals surface area contributed by atoms with Crippen LogP contribution < -0.4 is 0 Å². The molecule has 0 aliphatic heterocycles. The molecule has 1 atom stereocenters. The first kappa shape index (κ1) is 16.7. The lowest BCUT2D eigenvalue weighted by atomic mass is 9.91. The molecule has 0 aliphatic rings. The molecular weight excluding hydrogens is 244 g/mol. The average Bonchev–Trinajstić information content (AvgIpc) is 2.39. The van der Waals surface area contributed by atoms with Crippen LogP contribution in [0.4, 0.5) is 0 Å². The Kier molecular flexibility index (Phi) is 6.74. The summed E-state index contributed by atoms with van der Waals surface area (Å²) in [4.78, 5) is 0. The number of rotatable bonds is 7. The number of aliphatic hydroxyl groups is 1. The molecule has 110 valence electrons. The Morgan fingerprint density at radius 3 is 2.30 bits per heavy atom. The Balaban J connectivity index is 2.44. The SMILES string of the molecule is CC(C)=CCCC(C)=CCCC(C)(O)c1ccccc1. The summed E-state index contributed by atoms with van der Waals surface area (Å²) in [6.07, 6.45) is 8.44. The van der Waals surface area contributed by atoms with Crippen LogP contribution in [-0.4, -0.2) is 5.11 Å². The van der Waals surface area contributed by atoms with E-state index in [2.05, 4.69) is 32.9 Å². The molecule has 0 saturated carbocycles. The van der Waals surface area contributed by atoms with Crippen LogP contribution in [0.2, 0.25) is 0 Å². The lowest BCUT2D eigenvalue weighted by molar-refractivity contribution is 0.0487. The third-order valence-electron chi connectivity index (χ3n) is 3.61. The molecule has 0 spiro atoms. The van der Waals surface area contributed by atoms with E-state index in [9.17, 15) is 5.11 Å². The van der Waals surface area contributed by atoms with Crippen LogP contribution in [0.1, 0.15) is 58.9 Å². The van der Waals surface area contributed by atoms with E-state index in [1.807, 2.05) is 37.3 Å². The van der Waals surface area contributed by atoms with Gasteiger partial charge >= 0.3 is 0 Å². The van der Waals surface area contributed by atoms with Gasteiger partial charge in [0, 0.05) is 0 Å². The normalized spacial score (nSPS) is 14.8. The van der Waals surface area contributed by atoms with E-state index in [-0.39, 0.29) is 0 Å². The zero-order valence-corrected chi connectivity index (χ0v) is 13.3. The third-order valence-corrected chi connectivity index (χ3v) is 3.61. The maximum absolute atomic E-state index is 10.5. The fourth-order valence-electron chi connectivity index (χ4n) is 2.23. The van der Waals surface area contributed by atoms with Crippen LogP contribution in [0.3, 0.4) is 0 Å². The number of allylic oxidation sites excluding steroid dienone is 4. The fourth-order valence-corrected chi connectivity index (χ4v) is 2.23. The van der Waals surface area contributed by atoms with Gasteiger partial charge in [-0.3, -0.25) is 0 Å². The molecule has 0 radical (unpaired) electrons. The Bertz CT molecular complexity index is 448. The summed E-state index contributed by atoms with van der Waals surface area (Å²) < 4.78 is 0. The van der Waals surface area contributed by atoms with Gasteiger partial charge in [0.1, 0.15) is 0 Å². The predicted octanol–water partition coefficient (Wildman–Crippen LogP) is 5.37. The second-order valence-corrected chi connectivity index (χ2v) is 6.05. The van der Waals surface area contributed by atoms with E-state index in [0.717, 1.165) is 31.2 Å². The highest BCUT2D eigenvalue weighted by atomic mass is 16.3. The number of benzene rings is 1. The first-order valence-electron chi connectivity index (χ1n) is 7.49. The van der Waals surface area contributed by atoms with E-state index in [1.54, 1.807) is 0 Å². The lowest BCUT2D eigenvalue weighted by Gasteiger charge is -2.23. The van der Waals surface area contributed by atoms with Crippen molar-refractivity contribution in [1.82, 2.24) is 0 Å². The average molecular weight is 272 g/mol. The Labute approximate surface area is 124 Å². The lowest BCUT2D eigenvalue weighted by Crippen LogP contribution is -2.20. The van der Waals surface area contributed by atoms with Crippen molar-refractivity contribution in [2.75, 3.05) is 0 Å². The van der Waals surface area contributed by atoms with Crippen molar-refractivity contribution >= 4 is 0 Å². The summed E-state index contributed by atoms with van der Waals surface area (Å²) in [6, 6.07) is 9.91. The molecule has 0 bridgehead atoms. The van der Waals surface area contributed by atoms with Gasteiger partial charge in [-0.15, -0.1) is 0 Å². The Morgan fingerprint density at radius 2 is 1.70 bits per heavy atom. The molecule has 0 aliphatic carbocycles. The highest BCUT2D eigenvalue weighted by Crippen LogP contribution is 2.26. The molecular formula is C19H28O. The highest BCUT2D eigenvalue weighted by molar-refractivity contribution is 5.21. The molecule has 0 aromatic heterocycles. The summed E-state index contributed by atoms with van der Waals surface area (Å²) in [5, 5.41) is 10.5. The summed E-state index contributed by atoms with van der Waals surface area (Å²) in [5.74, 6) is 0. The minimum Gasteiger partial charge on any atom is -0.385 e. The largest absolute Gasteiger partial charge is 0.385 e. The van der Waals surface area contributed by atoms with Gasteiger partial charge in [-0.25, -0.2) is 0 Å². The van der Waals surface area contributed by atoms with E-state index in [1.165, 1.54) is 11.1 Å². The van der Waals surface area contributed by atoms with Crippen LogP contribution in [-0.2, 0) is 5.60 Å². The Hall–Kier alpha value is -1.34. The van der Waals surface area contributed by atoms with Gasteiger partial charge in [-0.05, 0) is 58.9 Å². The van der Waals surface area contributed by atoms with E-state index >= 15 is 0 Å². The van der Waals surface area contributed by atoms with E-state index < -0.39 is 5.60 Å². The zero-order chi connectivity index (χ0) is 15.0. The van der Waals surface area contributed by atoms with Gasteiger partial charge in [0.2, 0.25) is 0 Å². The van der Waals surface area contributed by atoms with Crippen molar-refractivity contribution < 1.29 is 5.11 Å². The van der Waals surface area contributed by atoms with Crippen LogP contribution >= 0.6 is 0 Å². The van der Waals surface area contributed by atoms with Crippen molar-refractivity contribution in [3.8, 4) is 0 Å². The van der Waals surface area contributed by atoms with Crippen LogP contribution in [0.5, 0.6) is 0 Å². The molecule has 1 nitrogen and oxygen atoms in total. The van der Waals surface area contributed by atoms with Gasteiger partial charge in [0.25, 0.3) is 0 Å². The smallest absolute Gasteiger partial charge is 0.0871 e. The number of hydrogen-bond donors (Lipinski definition) is 1. The van der Waals surface area contributed by atoms with E-state index in [0.29, 0.717) is 0 Å². The van der Waals surface area contributed by atoms with Crippen molar-refractivity contribution in [1.29, 1.82) is 0 Å². The van der Waals surface area contributed by atoms with Crippen LogP contribution in [0, 0.1) is 0 Å². The summed E-state index contributed by atoms with van der Waals surface area (Å²) >= 11 is 0. The molecule has 20 heavy (non-hydrogen) atoms. The maximum Gasteiger partial charge on any atom is 0.0871 e. The maximum atomic E-state index is 10.5. The first-order valence-corrected chi connectivity index (χ1v) is 7.49. The van der Waals surface area contributed by atoms with Gasteiger partial charge in [0.05, 0.1) is 5.60 Å².